The van der Waals surface area contributed by atoms with Crippen molar-refractivity contribution in [2.75, 3.05) is 14.2 Å². The SMILES string of the molecule is COc1ccc(-n2nnc3c(=O)n(Cc4cccc([N+](=O)[O-])c4)cnc32)cc1OC. The van der Waals surface area contributed by atoms with E-state index < -0.39 is 10.5 Å². The second kappa shape index (κ2) is 7.62. The summed E-state index contributed by atoms with van der Waals surface area (Å²) in [6.07, 6.45) is 1.37. The normalized spacial score (nSPS) is 10.9. The molecule has 2 heterocycles. The lowest BCUT2D eigenvalue weighted by atomic mass is 10.2. The van der Waals surface area contributed by atoms with E-state index in [1.54, 1.807) is 30.3 Å². The van der Waals surface area contributed by atoms with Gasteiger partial charge in [-0.05, 0) is 17.7 Å². The molecule has 30 heavy (non-hydrogen) atoms. The second-order valence-corrected chi connectivity index (χ2v) is 6.32. The van der Waals surface area contributed by atoms with Gasteiger partial charge in [-0.3, -0.25) is 19.5 Å². The molecule has 0 aliphatic heterocycles. The first-order valence-corrected chi connectivity index (χ1v) is 8.78. The zero-order valence-electron chi connectivity index (χ0n) is 16.1. The summed E-state index contributed by atoms with van der Waals surface area (Å²) in [5, 5.41) is 19.0. The smallest absolute Gasteiger partial charge is 0.283 e. The van der Waals surface area contributed by atoms with Gasteiger partial charge < -0.3 is 9.47 Å². The summed E-state index contributed by atoms with van der Waals surface area (Å²) in [4.78, 5) is 27.6. The van der Waals surface area contributed by atoms with Crippen molar-refractivity contribution in [1.29, 1.82) is 0 Å². The summed E-state index contributed by atoms with van der Waals surface area (Å²) >= 11 is 0. The van der Waals surface area contributed by atoms with E-state index in [1.165, 1.54) is 41.9 Å². The molecule has 0 radical (unpaired) electrons. The molecule has 0 aliphatic rings. The van der Waals surface area contributed by atoms with Gasteiger partial charge >= 0.3 is 0 Å². The highest BCUT2D eigenvalue weighted by atomic mass is 16.6. The number of benzene rings is 2. The molecule has 11 nitrogen and oxygen atoms in total. The van der Waals surface area contributed by atoms with Crippen LogP contribution in [0.1, 0.15) is 5.56 Å². The minimum absolute atomic E-state index is 0.0472. The van der Waals surface area contributed by atoms with Gasteiger partial charge in [-0.1, -0.05) is 17.3 Å². The van der Waals surface area contributed by atoms with Crippen LogP contribution in [-0.2, 0) is 6.54 Å². The van der Waals surface area contributed by atoms with Crippen LogP contribution >= 0.6 is 0 Å². The van der Waals surface area contributed by atoms with E-state index in [9.17, 15) is 14.9 Å². The van der Waals surface area contributed by atoms with Crippen molar-refractivity contribution < 1.29 is 14.4 Å². The average molecular weight is 408 g/mol. The molecule has 0 saturated heterocycles. The summed E-state index contributed by atoms with van der Waals surface area (Å²) < 4.78 is 13.3. The van der Waals surface area contributed by atoms with Gasteiger partial charge in [-0.15, -0.1) is 5.10 Å². The lowest BCUT2D eigenvalue weighted by Gasteiger charge is -2.09. The van der Waals surface area contributed by atoms with Crippen molar-refractivity contribution in [2.45, 2.75) is 6.54 Å². The fourth-order valence-corrected chi connectivity index (χ4v) is 3.05. The monoisotopic (exact) mass is 408 g/mol. The van der Waals surface area contributed by atoms with Crippen LogP contribution < -0.4 is 15.0 Å². The van der Waals surface area contributed by atoms with Crippen LogP contribution in [0.3, 0.4) is 0 Å². The number of hydrogen-bond donors (Lipinski definition) is 0. The predicted octanol–water partition coefficient (Wildman–Crippen LogP) is 1.95. The van der Waals surface area contributed by atoms with Crippen LogP contribution in [-0.4, -0.2) is 43.7 Å². The number of nitro groups is 1. The number of rotatable bonds is 6. The van der Waals surface area contributed by atoms with Crippen LogP contribution in [0, 0.1) is 10.1 Å². The van der Waals surface area contributed by atoms with Crippen molar-refractivity contribution >= 4 is 16.9 Å². The third kappa shape index (κ3) is 3.32. The largest absolute Gasteiger partial charge is 0.493 e. The Kier molecular flexibility index (Phi) is 4.84. The Labute approximate surface area is 169 Å². The fourth-order valence-electron chi connectivity index (χ4n) is 3.05. The van der Waals surface area contributed by atoms with Crippen LogP contribution in [0.2, 0.25) is 0 Å². The van der Waals surface area contributed by atoms with Crippen molar-refractivity contribution in [3.8, 4) is 17.2 Å². The number of non-ortho nitro benzene ring substituents is 1. The summed E-state index contributed by atoms with van der Waals surface area (Å²) in [6.45, 7) is 0.118. The molecule has 0 bridgehead atoms. The molecule has 0 aliphatic carbocycles. The van der Waals surface area contributed by atoms with E-state index in [4.69, 9.17) is 9.47 Å². The Morgan fingerprint density at radius 3 is 2.63 bits per heavy atom. The zero-order chi connectivity index (χ0) is 21.3. The van der Waals surface area contributed by atoms with Crippen LogP contribution in [0.25, 0.3) is 16.9 Å². The Morgan fingerprint density at radius 1 is 1.10 bits per heavy atom. The number of nitrogens with zero attached hydrogens (tertiary/aromatic N) is 6. The van der Waals surface area contributed by atoms with Gasteiger partial charge in [-0.2, -0.15) is 4.68 Å². The maximum Gasteiger partial charge on any atom is 0.283 e. The Bertz CT molecular complexity index is 1310. The van der Waals surface area contributed by atoms with E-state index in [0.29, 0.717) is 22.7 Å². The number of ether oxygens (including phenoxy) is 2. The highest BCUT2D eigenvalue weighted by Crippen LogP contribution is 2.29. The minimum atomic E-state index is -0.484. The number of hydrogen-bond acceptors (Lipinski definition) is 8. The highest BCUT2D eigenvalue weighted by Gasteiger charge is 2.16. The van der Waals surface area contributed by atoms with Crippen molar-refractivity contribution in [3.05, 3.63) is 74.8 Å². The van der Waals surface area contributed by atoms with Gasteiger partial charge in [0, 0.05) is 18.2 Å². The molecule has 152 valence electrons. The lowest BCUT2D eigenvalue weighted by molar-refractivity contribution is -0.384. The molecule has 0 fully saturated rings. The maximum atomic E-state index is 12.8. The number of fused-ring (bicyclic) bond motifs is 1. The quantitative estimate of drug-likeness (QED) is 0.350. The minimum Gasteiger partial charge on any atom is -0.493 e. The first-order valence-electron chi connectivity index (χ1n) is 8.78. The molecule has 2 aromatic heterocycles. The summed E-state index contributed by atoms with van der Waals surface area (Å²) in [6, 6.07) is 11.2. The third-order valence-electron chi connectivity index (χ3n) is 4.52. The Hall–Kier alpha value is -4.28. The molecule has 4 aromatic rings. The predicted molar refractivity (Wildman–Crippen MR) is 106 cm³/mol. The fraction of sp³-hybridized carbons (Fsp3) is 0.158. The van der Waals surface area contributed by atoms with Crippen LogP contribution in [0.5, 0.6) is 11.5 Å². The van der Waals surface area contributed by atoms with Crippen LogP contribution in [0.4, 0.5) is 5.69 Å². The van der Waals surface area contributed by atoms with Gasteiger partial charge in [0.15, 0.2) is 22.7 Å². The molecule has 0 N–H and O–H groups in total. The zero-order valence-corrected chi connectivity index (χ0v) is 16.1. The van der Waals surface area contributed by atoms with Gasteiger partial charge in [0.1, 0.15) is 6.33 Å². The number of aromatic nitrogens is 5. The van der Waals surface area contributed by atoms with Crippen molar-refractivity contribution in [3.63, 3.8) is 0 Å². The first kappa shape index (κ1) is 19.1. The Balaban J connectivity index is 1.73. The van der Waals surface area contributed by atoms with Crippen molar-refractivity contribution in [1.82, 2.24) is 24.5 Å². The molecule has 0 spiro atoms. The van der Waals surface area contributed by atoms with Crippen LogP contribution in [0.15, 0.2) is 53.6 Å². The summed E-state index contributed by atoms with van der Waals surface area (Å²) in [7, 11) is 3.06. The van der Waals surface area contributed by atoms with Gasteiger partial charge in [0.2, 0.25) is 0 Å². The molecule has 0 atom stereocenters. The van der Waals surface area contributed by atoms with Gasteiger partial charge in [0.05, 0.1) is 31.4 Å². The van der Waals surface area contributed by atoms with E-state index in [2.05, 4.69) is 15.3 Å². The summed E-state index contributed by atoms with van der Waals surface area (Å²) in [5.41, 5.74) is 1.10. The lowest BCUT2D eigenvalue weighted by Crippen LogP contribution is -2.21. The topological polar surface area (TPSA) is 127 Å². The number of nitro benzene ring substituents is 1. The van der Waals surface area contributed by atoms with E-state index >= 15 is 0 Å². The molecule has 0 saturated carbocycles. The maximum absolute atomic E-state index is 12.8. The van der Waals surface area contributed by atoms with E-state index in [0.717, 1.165) is 0 Å². The molecule has 4 rings (SSSR count). The van der Waals surface area contributed by atoms with E-state index in [-0.39, 0.29) is 23.4 Å². The molecular weight excluding hydrogens is 392 g/mol. The van der Waals surface area contributed by atoms with Gasteiger partial charge in [0.25, 0.3) is 11.2 Å². The van der Waals surface area contributed by atoms with Gasteiger partial charge in [-0.25, -0.2) is 4.98 Å². The molecule has 0 unspecified atom stereocenters. The second-order valence-electron chi connectivity index (χ2n) is 6.32. The molecular formula is C19H16N6O5. The Morgan fingerprint density at radius 2 is 1.90 bits per heavy atom. The van der Waals surface area contributed by atoms with E-state index in [1.807, 2.05) is 0 Å². The number of methoxy groups -OCH3 is 2. The molecule has 0 amide bonds. The summed E-state index contributed by atoms with van der Waals surface area (Å²) in [5.74, 6) is 1.05. The first-order chi connectivity index (χ1) is 14.5. The third-order valence-corrected chi connectivity index (χ3v) is 4.52. The molecule has 11 heteroatoms. The van der Waals surface area contributed by atoms with Crippen molar-refractivity contribution in [2.24, 2.45) is 0 Å². The standard InChI is InChI=1S/C19H16N6O5/c1-29-15-7-6-13(9-16(15)30-2)24-18-17(21-22-24)19(26)23(11-20-18)10-12-4-3-5-14(8-12)25(27)28/h3-9,11H,10H2,1-2H3. The average Bonchev–Trinajstić information content (AvgIpc) is 3.20. The highest BCUT2D eigenvalue weighted by molar-refractivity contribution is 5.70. The molecule has 2 aromatic carbocycles.